The van der Waals surface area contributed by atoms with Crippen molar-refractivity contribution in [3.63, 3.8) is 0 Å². The molecule has 6 heteroatoms. The lowest BCUT2D eigenvalue weighted by molar-refractivity contribution is -0.167. The summed E-state index contributed by atoms with van der Waals surface area (Å²) in [6.07, 6.45) is 86.2. The topological polar surface area (TPSA) is 78.9 Å². The summed E-state index contributed by atoms with van der Waals surface area (Å²) in [5, 5.41) is 0. The maximum Gasteiger partial charge on any atom is 0.306 e. The minimum absolute atomic E-state index is 0.0705. The zero-order valence-electron chi connectivity index (χ0n) is 53.2. The molecule has 0 rings (SSSR count). The van der Waals surface area contributed by atoms with Crippen LogP contribution in [0.2, 0.25) is 0 Å². The number of allylic oxidation sites excluding steroid dienone is 8. The smallest absolute Gasteiger partial charge is 0.306 e. The molecule has 1 unspecified atom stereocenters. The van der Waals surface area contributed by atoms with Gasteiger partial charge in [-0.15, -0.1) is 0 Å². The van der Waals surface area contributed by atoms with Crippen LogP contribution >= 0.6 is 0 Å². The molecule has 0 bridgehead atoms. The Hall–Kier alpha value is -2.63. The highest BCUT2D eigenvalue weighted by Crippen LogP contribution is 2.19. The van der Waals surface area contributed by atoms with Crippen molar-refractivity contribution in [2.45, 2.75) is 386 Å². The third-order valence-electron chi connectivity index (χ3n) is 15.8. The Balaban J connectivity index is 3.95. The summed E-state index contributed by atoms with van der Waals surface area (Å²) in [6, 6.07) is 0. The van der Waals surface area contributed by atoms with E-state index in [1.54, 1.807) is 0 Å². The van der Waals surface area contributed by atoms with Gasteiger partial charge in [-0.2, -0.15) is 0 Å². The molecule has 0 radical (unpaired) electrons. The predicted octanol–water partition coefficient (Wildman–Crippen LogP) is 24.1. The second kappa shape index (κ2) is 67.9. The molecule has 0 aliphatic rings. The molecule has 79 heavy (non-hydrogen) atoms. The molecule has 0 saturated carbocycles. The molecule has 0 aromatic heterocycles. The molecule has 1 atom stereocenters. The van der Waals surface area contributed by atoms with Crippen LogP contribution in [-0.4, -0.2) is 37.2 Å². The van der Waals surface area contributed by atoms with Crippen LogP contribution in [0.4, 0.5) is 0 Å². The molecular weight excluding hydrogens is 973 g/mol. The Morgan fingerprint density at radius 1 is 0.266 bits per heavy atom. The number of hydrogen-bond donors (Lipinski definition) is 0. The first kappa shape index (κ1) is 76.4. The highest BCUT2D eigenvalue weighted by Gasteiger charge is 2.19. The van der Waals surface area contributed by atoms with Gasteiger partial charge in [-0.05, 0) is 57.8 Å². The van der Waals surface area contributed by atoms with Crippen LogP contribution in [0.5, 0.6) is 0 Å². The van der Waals surface area contributed by atoms with Crippen molar-refractivity contribution in [3.05, 3.63) is 48.6 Å². The molecule has 0 aromatic rings. The molecule has 0 aliphatic carbocycles. The molecular formula is C73H134O6. The van der Waals surface area contributed by atoms with Crippen LogP contribution in [0, 0.1) is 0 Å². The average molecular weight is 1110 g/mol. The lowest BCUT2D eigenvalue weighted by Gasteiger charge is -2.18. The number of esters is 3. The lowest BCUT2D eigenvalue weighted by atomic mass is 10.0. The standard InChI is InChI=1S/C73H134O6/c1-4-7-10-13-16-18-20-22-24-26-28-30-32-33-34-35-36-37-38-39-40-42-43-45-47-49-51-53-55-57-60-63-66-72(75)78-69-70(68-77-71(74)65-62-59-15-12-9-6-3)79-73(76)67-64-61-58-56-54-52-50-48-46-44-41-31-29-27-25-23-21-19-17-14-11-8-5-2/h8,11,17,19,23,25,29,31,70H,4-7,9-10,12-16,18,20-22,24,26-28,30,32-69H2,1-3H3/b11-8-,19-17-,25-23-,31-29-. The summed E-state index contributed by atoms with van der Waals surface area (Å²) >= 11 is 0. The molecule has 0 saturated heterocycles. The fraction of sp³-hybridized carbons (Fsp3) is 0.849. The molecule has 0 N–H and O–H groups in total. The summed E-state index contributed by atoms with van der Waals surface area (Å²) in [5.74, 6) is -0.863. The van der Waals surface area contributed by atoms with Crippen molar-refractivity contribution in [1.82, 2.24) is 0 Å². The number of carbonyl (C=O) groups excluding carboxylic acids is 3. The van der Waals surface area contributed by atoms with E-state index in [-0.39, 0.29) is 31.1 Å². The summed E-state index contributed by atoms with van der Waals surface area (Å²) in [6.45, 7) is 6.53. The van der Waals surface area contributed by atoms with E-state index in [1.165, 1.54) is 257 Å². The van der Waals surface area contributed by atoms with E-state index in [0.29, 0.717) is 19.3 Å². The number of hydrogen-bond acceptors (Lipinski definition) is 6. The first-order chi connectivity index (χ1) is 39.0. The van der Waals surface area contributed by atoms with Crippen molar-refractivity contribution >= 4 is 17.9 Å². The van der Waals surface area contributed by atoms with E-state index >= 15 is 0 Å². The normalized spacial score (nSPS) is 12.3. The van der Waals surface area contributed by atoms with E-state index in [1.807, 2.05) is 0 Å². The Kier molecular flexibility index (Phi) is 65.6. The van der Waals surface area contributed by atoms with Gasteiger partial charge in [-0.3, -0.25) is 14.4 Å². The average Bonchev–Trinajstić information content (AvgIpc) is 3.45. The van der Waals surface area contributed by atoms with E-state index in [9.17, 15) is 14.4 Å². The third-order valence-corrected chi connectivity index (χ3v) is 15.8. The molecule has 0 aromatic carbocycles. The van der Waals surface area contributed by atoms with Crippen LogP contribution in [-0.2, 0) is 28.6 Å². The molecule has 0 spiro atoms. The van der Waals surface area contributed by atoms with E-state index in [0.717, 1.165) is 83.5 Å². The fourth-order valence-electron chi connectivity index (χ4n) is 10.6. The van der Waals surface area contributed by atoms with Crippen molar-refractivity contribution in [3.8, 4) is 0 Å². The maximum absolute atomic E-state index is 12.9. The Morgan fingerprint density at radius 2 is 0.494 bits per heavy atom. The lowest BCUT2D eigenvalue weighted by Crippen LogP contribution is -2.30. The van der Waals surface area contributed by atoms with E-state index in [2.05, 4.69) is 69.4 Å². The summed E-state index contributed by atoms with van der Waals surface area (Å²) < 4.78 is 16.8. The van der Waals surface area contributed by atoms with Crippen LogP contribution in [0.3, 0.4) is 0 Å². The number of ether oxygens (including phenoxy) is 3. The number of rotatable bonds is 65. The first-order valence-electron chi connectivity index (χ1n) is 35.1. The van der Waals surface area contributed by atoms with Gasteiger partial charge >= 0.3 is 17.9 Å². The monoisotopic (exact) mass is 1110 g/mol. The van der Waals surface area contributed by atoms with Crippen molar-refractivity contribution in [2.75, 3.05) is 13.2 Å². The van der Waals surface area contributed by atoms with E-state index < -0.39 is 6.10 Å². The van der Waals surface area contributed by atoms with Gasteiger partial charge in [0.2, 0.25) is 0 Å². The number of unbranched alkanes of at least 4 members (excludes halogenated alkanes) is 46. The fourth-order valence-corrected chi connectivity index (χ4v) is 10.6. The van der Waals surface area contributed by atoms with Gasteiger partial charge in [0.25, 0.3) is 0 Å². The summed E-state index contributed by atoms with van der Waals surface area (Å²) in [5.41, 5.74) is 0. The minimum atomic E-state index is -0.771. The van der Waals surface area contributed by atoms with Gasteiger partial charge in [0.1, 0.15) is 13.2 Å². The highest BCUT2D eigenvalue weighted by molar-refractivity contribution is 5.71. The maximum atomic E-state index is 12.9. The molecule has 462 valence electrons. The predicted molar refractivity (Wildman–Crippen MR) is 344 cm³/mol. The van der Waals surface area contributed by atoms with Crippen LogP contribution in [0.25, 0.3) is 0 Å². The zero-order chi connectivity index (χ0) is 57.1. The third kappa shape index (κ3) is 66.1. The van der Waals surface area contributed by atoms with E-state index in [4.69, 9.17) is 14.2 Å². The SMILES string of the molecule is CC/C=C\C/C=C\C/C=C\C/C=C\CCCCCCCCCCCCC(=O)OC(COC(=O)CCCCCCCC)COC(=O)CCCCCCCCCCCCCCCCCCCCCCCCCCCCCCCCCC. The van der Waals surface area contributed by atoms with Gasteiger partial charge in [-0.1, -0.05) is 352 Å². The van der Waals surface area contributed by atoms with Gasteiger partial charge in [0, 0.05) is 19.3 Å². The molecule has 0 fully saturated rings. The molecule has 6 nitrogen and oxygen atoms in total. The Labute approximate surface area is 492 Å². The zero-order valence-corrected chi connectivity index (χ0v) is 53.2. The number of carbonyl (C=O) groups is 3. The van der Waals surface area contributed by atoms with Gasteiger partial charge in [0.05, 0.1) is 0 Å². The summed E-state index contributed by atoms with van der Waals surface area (Å²) in [4.78, 5) is 38.1. The van der Waals surface area contributed by atoms with Crippen molar-refractivity contribution in [2.24, 2.45) is 0 Å². The van der Waals surface area contributed by atoms with Crippen LogP contribution in [0.1, 0.15) is 380 Å². The minimum Gasteiger partial charge on any atom is -0.462 e. The largest absolute Gasteiger partial charge is 0.462 e. The molecule has 0 aliphatic heterocycles. The van der Waals surface area contributed by atoms with Gasteiger partial charge in [0.15, 0.2) is 6.10 Å². The van der Waals surface area contributed by atoms with Gasteiger partial charge < -0.3 is 14.2 Å². The Bertz CT molecular complexity index is 1360. The van der Waals surface area contributed by atoms with Crippen LogP contribution < -0.4 is 0 Å². The second-order valence-electron chi connectivity index (χ2n) is 23.8. The second-order valence-corrected chi connectivity index (χ2v) is 23.8. The van der Waals surface area contributed by atoms with Gasteiger partial charge in [-0.25, -0.2) is 0 Å². The van der Waals surface area contributed by atoms with Crippen molar-refractivity contribution < 1.29 is 28.6 Å². The quantitative estimate of drug-likeness (QED) is 0.0261. The molecule has 0 heterocycles. The van der Waals surface area contributed by atoms with Crippen LogP contribution in [0.15, 0.2) is 48.6 Å². The first-order valence-corrected chi connectivity index (χ1v) is 35.1. The molecule has 0 amide bonds. The summed E-state index contributed by atoms with van der Waals surface area (Å²) in [7, 11) is 0. The van der Waals surface area contributed by atoms with Crippen molar-refractivity contribution in [1.29, 1.82) is 0 Å². The Morgan fingerprint density at radius 3 is 0.772 bits per heavy atom. The highest BCUT2D eigenvalue weighted by atomic mass is 16.6.